The van der Waals surface area contributed by atoms with Gasteiger partial charge in [-0.2, -0.15) is 0 Å². The number of benzene rings is 1. The number of aliphatic hydroxyl groups is 1. The zero-order valence-corrected chi connectivity index (χ0v) is 12.9. The molecule has 0 radical (unpaired) electrons. The first kappa shape index (κ1) is 15.3. The fourth-order valence-electron chi connectivity index (χ4n) is 2.94. The van der Waals surface area contributed by atoms with E-state index in [-0.39, 0.29) is 0 Å². The molecule has 0 amide bonds. The highest BCUT2D eigenvalue weighted by atomic mass is 16.5. The number of nitrogens with zero attached hydrogens (tertiary/aromatic N) is 1. The minimum Gasteiger partial charge on any atom is -0.494 e. The van der Waals surface area contributed by atoms with Crippen molar-refractivity contribution in [3.05, 3.63) is 29.8 Å². The normalized spacial score (nSPS) is 19.2. The van der Waals surface area contributed by atoms with Gasteiger partial charge in [0.1, 0.15) is 5.75 Å². The van der Waals surface area contributed by atoms with Gasteiger partial charge in [0, 0.05) is 19.6 Å². The molecule has 3 nitrogen and oxygen atoms in total. The predicted octanol–water partition coefficient (Wildman–Crippen LogP) is 3.02. The second-order valence-corrected chi connectivity index (χ2v) is 6.18. The van der Waals surface area contributed by atoms with Gasteiger partial charge in [-0.15, -0.1) is 0 Å². The SMILES string of the molecule is CCOc1ccc(C2(O)CCN(CC(C)C)CC2)cc1. The molecule has 0 aromatic heterocycles. The Kier molecular flexibility index (Phi) is 5.06. The molecule has 1 aromatic carbocycles. The van der Waals surface area contributed by atoms with E-state index < -0.39 is 5.60 Å². The van der Waals surface area contributed by atoms with Crippen LogP contribution in [-0.2, 0) is 5.60 Å². The Morgan fingerprint density at radius 3 is 2.30 bits per heavy atom. The quantitative estimate of drug-likeness (QED) is 0.898. The lowest BCUT2D eigenvalue weighted by atomic mass is 9.84. The molecule has 1 aliphatic heterocycles. The third kappa shape index (κ3) is 3.74. The smallest absolute Gasteiger partial charge is 0.119 e. The fourth-order valence-corrected chi connectivity index (χ4v) is 2.94. The molecule has 1 heterocycles. The molecule has 3 heteroatoms. The zero-order valence-electron chi connectivity index (χ0n) is 12.9. The molecular formula is C17H27NO2. The van der Waals surface area contributed by atoms with Crippen molar-refractivity contribution in [1.29, 1.82) is 0 Å². The van der Waals surface area contributed by atoms with Crippen LogP contribution in [-0.4, -0.2) is 36.2 Å². The first-order valence-corrected chi connectivity index (χ1v) is 7.71. The van der Waals surface area contributed by atoms with Crippen molar-refractivity contribution in [3.63, 3.8) is 0 Å². The molecule has 0 bridgehead atoms. The first-order valence-electron chi connectivity index (χ1n) is 7.71. The lowest BCUT2D eigenvalue weighted by molar-refractivity contribution is -0.0279. The van der Waals surface area contributed by atoms with E-state index in [4.69, 9.17) is 4.74 Å². The van der Waals surface area contributed by atoms with Crippen molar-refractivity contribution in [2.45, 2.75) is 39.2 Å². The van der Waals surface area contributed by atoms with E-state index in [0.29, 0.717) is 12.5 Å². The second-order valence-electron chi connectivity index (χ2n) is 6.18. The number of ether oxygens (including phenoxy) is 1. The maximum atomic E-state index is 10.8. The van der Waals surface area contributed by atoms with Gasteiger partial charge in [-0.1, -0.05) is 26.0 Å². The van der Waals surface area contributed by atoms with Crippen LogP contribution in [0.5, 0.6) is 5.75 Å². The van der Waals surface area contributed by atoms with E-state index in [2.05, 4.69) is 18.7 Å². The van der Waals surface area contributed by atoms with Gasteiger partial charge in [0.2, 0.25) is 0 Å². The third-order valence-corrected chi connectivity index (χ3v) is 4.01. The molecular weight excluding hydrogens is 250 g/mol. The molecule has 0 saturated carbocycles. The predicted molar refractivity (Wildman–Crippen MR) is 82.0 cm³/mol. The molecule has 1 saturated heterocycles. The van der Waals surface area contributed by atoms with Crippen LogP contribution in [0.4, 0.5) is 0 Å². The molecule has 0 spiro atoms. The van der Waals surface area contributed by atoms with Gasteiger partial charge in [0.05, 0.1) is 12.2 Å². The van der Waals surface area contributed by atoms with E-state index >= 15 is 0 Å². The van der Waals surface area contributed by atoms with Crippen molar-refractivity contribution < 1.29 is 9.84 Å². The number of hydrogen-bond acceptors (Lipinski definition) is 3. The number of likely N-dealkylation sites (tertiary alicyclic amines) is 1. The van der Waals surface area contributed by atoms with E-state index in [9.17, 15) is 5.11 Å². The maximum absolute atomic E-state index is 10.8. The third-order valence-electron chi connectivity index (χ3n) is 4.01. The Morgan fingerprint density at radius 1 is 1.20 bits per heavy atom. The van der Waals surface area contributed by atoms with E-state index in [1.54, 1.807) is 0 Å². The van der Waals surface area contributed by atoms with Crippen LogP contribution in [0.25, 0.3) is 0 Å². The summed E-state index contributed by atoms with van der Waals surface area (Å²) in [6, 6.07) is 7.92. The number of hydrogen-bond donors (Lipinski definition) is 1. The van der Waals surface area contributed by atoms with Crippen LogP contribution < -0.4 is 4.74 Å². The highest BCUT2D eigenvalue weighted by Gasteiger charge is 2.33. The topological polar surface area (TPSA) is 32.7 Å². The van der Waals surface area contributed by atoms with Crippen LogP contribution in [0.2, 0.25) is 0 Å². The Balaban J connectivity index is 1.98. The lowest BCUT2D eigenvalue weighted by Gasteiger charge is -2.39. The summed E-state index contributed by atoms with van der Waals surface area (Å²) in [5, 5.41) is 10.8. The van der Waals surface area contributed by atoms with Crippen molar-refractivity contribution in [2.24, 2.45) is 5.92 Å². The summed E-state index contributed by atoms with van der Waals surface area (Å²) in [7, 11) is 0. The minimum atomic E-state index is -0.668. The van der Waals surface area contributed by atoms with Gasteiger partial charge in [0.25, 0.3) is 0 Å². The van der Waals surface area contributed by atoms with E-state index in [1.807, 2.05) is 31.2 Å². The highest BCUT2D eigenvalue weighted by molar-refractivity contribution is 5.31. The molecule has 1 aromatic rings. The summed E-state index contributed by atoms with van der Waals surface area (Å²) < 4.78 is 5.45. The van der Waals surface area contributed by atoms with Crippen LogP contribution in [0.1, 0.15) is 39.2 Å². The van der Waals surface area contributed by atoms with Gasteiger partial charge in [-0.3, -0.25) is 0 Å². The molecule has 0 unspecified atom stereocenters. The van der Waals surface area contributed by atoms with Crippen molar-refractivity contribution >= 4 is 0 Å². The fraction of sp³-hybridized carbons (Fsp3) is 0.647. The molecule has 2 rings (SSSR count). The van der Waals surface area contributed by atoms with Crippen LogP contribution in [0, 0.1) is 5.92 Å². The first-order chi connectivity index (χ1) is 9.53. The molecule has 1 aliphatic rings. The average molecular weight is 277 g/mol. The largest absolute Gasteiger partial charge is 0.494 e. The Bertz CT molecular complexity index is 406. The minimum absolute atomic E-state index is 0.668. The Morgan fingerprint density at radius 2 is 1.80 bits per heavy atom. The van der Waals surface area contributed by atoms with Crippen molar-refractivity contribution in [1.82, 2.24) is 4.90 Å². The van der Waals surface area contributed by atoms with Crippen LogP contribution >= 0.6 is 0 Å². The van der Waals surface area contributed by atoms with Crippen molar-refractivity contribution in [2.75, 3.05) is 26.2 Å². The second kappa shape index (κ2) is 6.59. The number of piperidine rings is 1. The van der Waals surface area contributed by atoms with Gasteiger partial charge in [-0.25, -0.2) is 0 Å². The average Bonchev–Trinajstić information content (AvgIpc) is 2.42. The Labute approximate surface area is 122 Å². The zero-order chi connectivity index (χ0) is 14.6. The van der Waals surface area contributed by atoms with E-state index in [0.717, 1.165) is 43.8 Å². The van der Waals surface area contributed by atoms with Crippen LogP contribution in [0.15, 0.2) is 24.3 Å². The summed E-state index contributed by atoms with van der Waals surface area (Å²) in [6.07, 6.45) is 1.63. The molecule has 0 atom stereocenters. The highest BCUT2D eigenvalue weighted by Crippen LogP contribution is 2.33. The summed E-state index contributed by atoms with van der Waals surface area (Å²) in [5.41, 5.74) is 0.350. The lowest BCUT2D eigenvalue weighted by Crippen LogP contribution is -2.43. The van der Waals surface area contributed by atoms with Gasteiger partial charge >= 0.3 is 0 Å². The molecule has 1 N–H and O–H groups in total. The maximum Gasteiger partial charge on any atom is 0.119 e. The van der Waals surface area contributed by atoms with E-state index in [1.165, 1.54) is 0 Å². The molecule has 112 valence electrons. The van der Waals surface area contributed by atoms with Crippen LogP contribution in [0.3, 0.4) is 0 Å². The van der Waals surface area contributed by atoms with Gasteiger partial charge in [-0.05, 0) is 43.4 Å². The molecule has 0 aliphatic carbocycles. The summed E-state index contributed by atoms with van der Waals surface area (Å²) in [4.78, 5) is 2.45. The monoisotopic (exact) mass is 277 g/mol. The van der Waals surface area contributed by atoms with Gasteiger partial charge in [0.15, 0.2) is 0 Å². The Hall–Kier alpha value is -1.06. The summed E-state index contributed by atoms with van der Waals surface area (Å²) >= 11 is 0. The summed E-state index contributed by atoms with van der Waals surface area (Å²) in [5.74, 6) is 1.56. The number of rotatable bonds is 5. The standard InChI is InChI=1S/C17H27NO2/c1-4-20-16-7-5-15(6-8-16)17(19)9-11-18(12-10-17)13-14(2)3/h5-8,14,19H,4,9-13H2,1-3H3. The van der Waals surface area contributed by atoms with Gasteiger partial charge < -0.3 is 14.7 Å². The van der Waals surface area contributed by atoms with Crippen molar-refractivity contribution in [3.8, 4) is 5.75 Å². The molecule has 20 heavy (non-hydrogen) atoms. The molecule has 1 fully saturated rings. The summed E-state index contributed by atoms with van der Waals surface area (Å²) in [6.45, 7) is 10.2.